The summed E-state index contributed by atoms with van der Waals surface area (Å²) in [5.41, 5.74) is 4.74. The van der Waals surface area contributed by atoms with Gasteiger partial charge in [0.25, 0.3) is 0 Å². The van der Waals surface area contributed by atoms with E-state index in [1.165, 1.54) is 11.6 Å². The third kappa shape index (κ3) is 5.38. The number of hydrogen-bond acceptors (Lipinski definition) is 3. The molecule has 150 valence electrons. The molecule has 1 heterocycles. The predicted molar refractivity (Wildman–Crippen MR) is 115 cm³/mol. The van der Waals surface area contributed by atoms with E-state index in [4.69, 9.17) is 14.6 Å². The zero-order valence-corrected chi connectivity index (χ0v) is 17.6. The van der Waals surface area contributed by atoms with Crippen LogP contribution in [0.2, 0.25) is 0 Å². The van der Waals surface area contributed by atoms with Gasteiger partial charge in [0, 0.05) is 23.3 Å². The summed E-state index contributed by atoms with van der Waals surface area (Å²) in [5, 5.41) is 8.83. The molecule has 0 spiro atoms. The van der Waals surface area contributed by atoms with E-state index in [0.717, 1.165) is 34.6 Å². The summed E-state index contributed by atoms with van der Waals surface area (Å²) in [6.07, 6.45) is 9.82. The van der Waals surface area contributed by atoms with E-state index in [1.807, 2.05) is 39.0 Å². The van der Waals surface area contributed by atoms with Crippen LogP contribution in [0.3, 0.4) is 0 Å². The quantitative estimate of drug-likeness (QED) is 0.461. The van der Waals surface area contributed by atoms with Gasteiger partial charge in [-0.2, -0.15) is 0 Å². The highest BCUT2D eigenvalue weighted by Gasteiger charge is 2.26. The molecule has 2 rings (SSSR count). The first-order valence-electron chi connectivity index (χ1n) is 9.65. The predicted octanol–water partition coefficient (Wildman–Crippen LogP) is 6.04. The van der Waals surface area contributed by atoms with Gasteiger partial charge in [0.1, 0.15) is 17.1 Å². The molecule has 0 unspecified atom stereocenters. The molecule has 0 saturated carbocycles. The number of ether oxygens (including phenoxy) is 2. The zero-order valence-electron chi connectivity index (χ0n) is 17.6. The van der Waals surface area contributed by atoms with Gasteiger partial charge >= 0.3 is 5.97 Å². The lowest BCUT2D eigenvalue weighted by molar-refractivity contribution is -0.131. The molecule has 1 aromatic carbocycles. The molecule has 28 heavy (non-hydrogen) atoms. The molecular formula is C24H30O4. The highest BCUT2D eigenvalue weighted by atomic mass is 16.5. The van der Waals surface area contributed by atoms with Crippen LogP contribution in [0.5, 0.6) is 11.5 Å². The summed E-state index contributed by atoms with van der Waals surface area (Å²) in [6, 6.07) is 4.11. The molecule has 4 heteroatoms. The van der Waals surface area contributed by atoms with Crippen molar-refractivity contribution in [2.75, 3.05) is 6.61 Å². The fourth-order valence-electron chi connectivity index (χ4n) is 3.35. The number of allylic oxidation sites excluding steroid dienone is 6. The fourth-order valence-corrected chi connectivity index (χ4v) is 3.35. The number of carboxylic acids is 1. The largest absolute Gasteiger partial charge is 0.493 e. The van der Waals surface area contributed by atoms with Crippen molar-refractivity contribution < 1.29 is 19.4 Å². The number of aliphatic carboxylic acids is 1. The van der Waals surface area contributed by atoms with Gasteiger partial charge in [0.05, 0.1) is 6.61 Å². The Kier molecular flexibility index (Phi) is 6.90. The van der Waals surface area contributed by atoms with E-state index in [-0.39, 0.29) is 5.60 Å². The average Bonchev–Trinajstić information content (AvgIpc) is 2.57. The van der Waals surface area contributed by atoms with E-state index in [9.17, 15) is 4.79 Å². The number of hydrogen-bond donors (Lipinski definition) is 1. The van der Waals surface area contributed by atoms with Crippen LogP contribution in [-0.2, 0) is 4.79 Å². The fraction of sp³-hybridized carbons (Fsp3) is 0.375. The number of fused-ring (bicyclic) bond motifs is 1. The molecule has 0 aliphatic carbocycles. The maximum absolute atomic E-state index is 10.8. The van der Waals surface area contributed by atoms with Gasteiger partial charge in [-0.05, 0) is 69.9 Å². The minimum Gasteiger partial charge on any atom is -0.493 e. The SMILES string of the molecule is CCOc1cc2c(cc1C(=CC=CC(C)=CC(=O)O)CC)C(C)=CC(C)(C)O2. The maximum Gasteiger partial charge on any atom is 0.328 e. The molecule has 1 N–H and O–H groups in total. The minimum atomic E-state index is -0.944. The van der Waals surface area contributed by atoms with E-state index >= 15 is 0 Å². The Morgan fingerprint density at radius 1 is 1.29 bits per heavy atom. The lowest BCUT2D eigenvalue weighted by atomic mass is 9.91. The number of benzene rings is 1. The summed E-state index contributed by atoms with van der Waals surface area (Å²) in [5.74, 6) is 0.690. The van der Waals surface area contributed by atoms with Gasteiger partial charge in [0.2, 0.25) is 0 Å². The molecule has 0 amide bonds. The van der Waals surface area contributed by atoms with Crippen LogP contribution in [0.1, 0.15) is 59.1 Å². The van der Waals surface area contributed by atoms with Crippen molar-refractivity contribution in [1.82, 2.24) is 0 Å². The Balaban J connectivity index is 2.50. The second-order valence-electron chi connectivity index (χ2n) is 7.44. The topological polar surface area (TPSA) is 55.8 Å². The second kappa shape index (κ2) is 8.96. The van der Waals surface area contributed by atoms with Crippen LogP contribution in [0.15, 0.2) is 48.1 Å². The monoisotopic (exact) mass is 382 g/mol. The molecular weight excluding hydrogens is 352 g/mol. The summed E-state index contributed by atoms with van der Waals surface area (Å²) >= 11 is 0. The molecule has 0 bridgehead atoms. The Morgan fingerprint density at radius 2 is 2.00 bits per heavy atom. The highest BCUT2D eigenvalue weighted by molar-refractivity contribution is 5.82. The molecule has 1 aliphatic heterocycles. The Labute approximate surface area is 167 Å². The Morgan fingerprint density at radius 3 is 2.61 bits per heavy atom. The van der Waals surface area contributed by atoms with Crippen molar-refractivity contribution in [2.24, 2.45) is 0 Å². The molecule has 0 aromatic heterocycles. The van der Waals surface area contributed by atoms with Gasteiger partial charge in [-0.25, -0.2) is 4.79 Å². The first kappa shape index (κ1) is 21.5. The number of carbonyl (C=O) groups is 1. The van der Waals surface area contributed by atoms with E-state index < -0.39 is 5.97 Å². The van der Waals surface area contributed by atoms with Crippen LogP contribution in [-0.4, -0.2) is 23.3 Å². The van der Waals surface area contributed by atoms with Crippen LogP contribution in [0.4, 0.5) is 0 Å². The van der Waals surface area contributed by atoms with Gasteiger partial charge in [0.15, 0.2) is 0 Å². The third-order valence-corrected chi connectivity index (χ3v) is 4.48. The summed E-state index contributed by atoms with van der Waals surface area (Å²) in [4.78, 5) is 10.8. The van der Waals surface area contributed by atoms with E-state index in [1.54, 1.807) is 13.0 Å². The smallest absolute Gasteiger partial charge is 0.328 e. The lowest BCUT2D eigenvalue weighted by Crippen LogP contribution is -2.28. The standard InChI is InChI=1S/C24H30O4/c1-7-18(11-9-10-16(3)12-23(25)26)20-13-19-17(4)15-24(5,6)28-22(19)14-21(20)27-8-2/h9-15H,7-8H2,1-6H3,(H,25,26). The van der Waals surface area contributed by atoms with Crippen LogP contribution in [0.25, 0.3) is 11.1 Å². The second-order valence-corrected chi connectivity index (χ2v) is 7.44. The van der Waals surface area contributed by atoms with Gasteiger partial charge < -0.3 is 14.6 Å². The van der Waals surface area contributed by atoms with Crippen LogP contribution >= 0.6 is 0 Å². The van der Waals surface area contributed by atoms with Crippen molar-refractivity contribution in [3.8, 4) is 11.5 Å². The molecule has 0 atom stereocenters. The summed E-state index contributed by atoms with van der Waals surface area (Å²) in [7, 11) is 0. The number of carboxylic acid groups (broad SMARTS) is 1. The third-order valence-electron chi connectivity index (χ3n) is 4.48. The van der Waals surface area contributed by atoms with Gasteiger partial charge in [-0.15, -0.1) is 0 Å². The molecule has 1 aromatic rings. The van der Waals surface area contributed by atoms with Crippen LogP contribution in [0, 0.1) is 0 Å². The Bertz CT molecular complexity index is 867. The normalized spacial score (nSPS) is 16.4. The van der Waals surface area contributed by atoms with Crippen molar-refractivity contribution in [2.45, 2.75) is 53.6 Å². The van der Waals surface area contributed by atoms with Crippen molar-refractivity contribution in [1.29, 1.82) is 0 Å². The summed E-state index contributed by atoms with van der Waals surface area (Å²) < 4.78 is 12.1. The van der Waals surface area contributed by atoms with Gasteiger partial charge in [-0.3, -0.25) is 0 Å². The molecule has 0 saturated heterocycles. The van der Waals surface area contributed by atoms with E-state index in [2.05, 4.69) is 26.0 Å². The molecule has 0 fully saturated rings. The van der Waals surface area contributed by atoms with Crippen molar-refractivity contribution >= 4 is 17.1 Å². The maximum atomic E-state index is 10.8. The Hall–Kier alpha value is -2.75. The van der Waals surface area contributed by atoms with Crippen molar-refractivity contribution in [3.63, 3.8) is 0 Å². The van der Waals surface area contributed by atoms with Crippen LogP contribution < -0.4 is 9.47 Å². The zero-order chi connectivity index (χ0) is 20.9. The number of rotatable bonds is 7. The van der Waals surface area contributed by atoms with Crippen molar-refractivity contribution in [3.05, 3.63) is 59.2 Å². The lowest BCUT2D eigenvalue weighted by Gasteiger charge is -2.31. The van der Waals surface area contributed by atoms with Gasteiger partial charge in [-0.1, -0.05) is 25.2 Å². The molecule has 0 radical (unpaired) electrons. The molecule has 1 aliphatic rings. The van der Waals surface area contributed by atoms with E-state index in [0.29, 0.717) is 12.2 Å². The minimum absolute atomic E-state index is 0.345. The first-order valence-corrected chi connectivity index (χ1v) is 9.65. The average molecular weight is 383 g/mol. The highest BCUT2D eigenvalue weighted by Crippen LogP contribution is 2.42. The molecule has 4 nitrogen and oxygen atoms in total. The first-order chi connectivity index (χ1) is 13.2. The summed E-state index contributed by atoms with van der Waals surface area (Å²) in [6.45, 7) is 12.6.